The highest BCUT2D eigenvalue weighted by Gasteiger charge is 2.27. The van der Waals surface area contributed by atoms with Crippen molar-refractivity contribution in [1.82, 2.24) is 4.90 Å². The van der Waals surface area contributed by atoms with E-state index in [1.54, 1.807) is 20.3 Å². The van der Waals surface area contributed by atoms with Crippen LogP contribution in [0.25, 0.3) is 0 Å². The molecule has 0 spiro atoms. The molecule has 0 unspecified atom stereocenters. The van der Waals surface area contributed by atoms with Crippen molar-refractivity contribution in [3.63, 3.8) is 0 Å². The maximum Gasteiger partial charge on any atom is 0.322 e. The Bertz CT molecular complexity index is 791. The van der Waals surface area contributed by atoms with Crippen LogP contribution in [0, 0.1) is 6.92 Å². The topological polar surface area (TPSA) is 50.8 Å². The first kappa shape index (κ1) is 19.1. The molecule has 1 aliphatic rings. The Morgan fingerprint density at radius 1 is 1.07 bits per heavy atom. The smallest absolute Gasteiger partial charge is 0.322 e. The summed E-state index contributed by atoms with van der Waals surface area (Å²) in [5.41, 5.74) is 3.07. The first-order valence-electron chi connectivity index (χ1n) is 9.48. The van der Waals surface area contributed by atoms with E-state index in [1.807, 2.05) is 17.0 Å². The van der Waals surface area contributed by atoms with Gasteiger partial charge in [-0.15, -0.1) is 0 Å². The van der Waals surface area contributed by atoms with Crippen molar-refractivity contribution in [3.05, 3.63) is 53.6 Å². The molecule has 0 saturated carbocycles. The van der Waals surface area contributed by atoms with Crippen LogP contribution in [0.15, 0.2) is 42.5 Å². The summed E-state index contributed by atoms with van der Waals surface area (Å²) in [6, 6.07) is 13.9. The minimum atomic E-state index is -0.0909. The lowest BCUT2D eigenvalue weighted by Gasteiger charge is -2.31. The highest BCUT2D eigenvalue weighted by atomic mass is 16.5. The van der Waals surface area contributed by atoms with Crippen molar-refractivity contribution in [3.8, 4) is 11.5 Å². The zero-order valence-corrected chi connectivity index (χ0v) is 16.3. The van der Waals surface area contributed by atoms with Gasteiger partial charge in [0, 0.05) is 12.6 Å². The predicted octanol–water partition coefficient (Wildman–Crippen LogP) is 5.16. The number of carbonyl (C=O) groups excluding carboxylic acids is 1. The molecule has 1 atom stereocenters. The van der Waals surface area contributed by atoms with Gasteiger partial charge in [-0.3, -0.25) is 0 Å². The number of hydrogen-bond donors (Lipinski definition) is 1. The summed E-state index contributed by atoms with van der Waals surface area (Å²) in [6.07, 6.45) is 4.29. The first-order chi connectivity index (χ1) is 13.1. The Balaban J connectivity index is 1.84. The fraction of sp³-hybridized carbons (Fsp3) is 0.409. The van der Waals surface area contributed by atoms with Crippen LogP contribution in [0.1, 0.15) is 42.9 Å². The molecule has 2 aromatic carbocycles. The Hall–Kier alpha value is -2.69. The highest BCUT2D eigenvalue weighted by Crippen LogP contribution is 2.33. The van der Waals surface area contributed by atoms with E-state index in [1.165, 1.54) is 11.1 Å². The molecule has 27 heavy (non-hydrogen) atoms. The normalized spacial score (nSPS) is 17.1. The molecule has 1 fully saturated rings. The fourth-order valence-corrected chi connectivity index (χ4v) is 3.66. The van der Waals surface area contributed by atoms with Crippen LogP contribution in [0.2, 0.25) is 0 Å². The van der Waals surface area contributed by atoms with Crippen molar-refractivity contribution in [2.45, 2.75) is 38.6 Å². The number of nitrogens with zero attached hydrogens (tertiary/aromatic N) is 1. The van der Waals surface area contributed by atoms with Gasteiger partial charge in [0.25, 0.3) is 0 Å². The highest BCUT2D eigenvalue weighted by molar-refractivity contribution is 5.91. The molecule has 0 aromatic heterocycles. The molecule has 0 bridgehead atoms. The molecule has 1 heterocycles. The van der Waals surface area contributed by atoms with Gasteiger partial charge in [0.05, 0.1) is 25.9 Å². The van der Waals surface area contributed by atoms with Crippen LogP contribution >= 0.6 is 0 Å². The lowest BCUT2D eigenvalue weighted by atomic mass is 9.99. The third kappa shape index (κ3) is 4.54. The van der Waals surface area contributed by atoms with Crippen LogP contribution in [-0.4, -0.2) is 31.7 Å². The molecule has 3 rings (SSSR count). The fourth-order valence-electron chi connectivity index (χ4n) is 3.66. The SMILES string of the molecule is COc1ccc(NC(=O)N2CCCCC[C@H]2c2cccc(C)c2)c(OC)c1. The van der Waals surface area contributed by atoms with E-state index in [4.69, 9.17) is 9.47 Å². The van der Waals surface area contributed by atoms with Crippen molar-refractivity contribution in [2.75, 3.05) is 26.1 Å². The van der Waals surface area contributed by atoms with Gasteiger partial charge in [-0.1, -0.05) is 42.7 Å². The number of anilines is 1. The number of nitrogens with one attached hydrogen (secondary N) is 1. The Kier molecular flexibility index (Phi) is 6.22. The van der Waals surface area contributed by atoms with Gasteiger partial charge in [-0.2, -0.15) is 0 Å². The van der Waals surface area contributed by atoms with Gasteiger partial charge < -0.3 is 19.7 Å². The Morgan fingerprint density at radius 3 is 2.67 bits per heavy atom. The van der Waals surface area contributed by atoms with E-state index < -0.39 is 0 Å². The van der Waals surface area contributed by atoms with E-state index in [0.29, 0.717) is 17.2 Å². The number of rotatable bonds is 4. The molecular formula is C22H28N2O3. The molecule has 0 aliphatic carbocycles. The van der Waals surface area contributed by atoms with Gasteiger partial charge in [-0.25, -0.2) is 4.79 Å². The van der Waals surface area contributed by atoms with E-state index >= 15 is 0 Å². The minimum Gasteiger partial charge on any atom is -0.497 e. The number of hydrogen-bond acceptors (Lipinski definition) is 3. The summed E-state index contributed by atoms with van der Waals surface area (Å²) in [4.78, 5) is 15.1. The average Bonchev–Trinajstić information content (AvgIpc) is 2.94. The summed E-state index contributed by atoms with van der Waals surface area (Å²) in [5, 5.41) is 3.03. The van der Waals surface area contributed by atoms with Crippen molar-refractivity contribution < 1.29 is 14.3 Å². The van der Waals surface area contributed by atoms with Gasteiger partial charge in [0.2, 0.25) is 0 Å². The number of carbonyl (C=O) groups is 1. The number of urea groups is 1. The molecule has 144 valence electrons. The van der Waals surface area contributed by atoms with Gasteiger partial charge in [0.1, 0.15) is 11.5 Å². The van der Waals surface area contributed by atoms with Crippen molar-refractivity contribution in [2.24, 2.45) is 0 Å². The average molecular weight is 368 g/mol. The van der Waals surface area contributed by atoms with E-state index in [0.717, 1.165) is 32.2 Å². The number of benzene rings is 2. The molecule has 1 saturated heterocycles. The van der Waals surface area contributed by atoms with Gasteiger partial charge >= 0.3 is 6.03 Å². The number of ether oxygens (including phenoxy) is 2. The zero-order chi connectivity index (χ0) is 19.2. The lowest BCUT2D eigenvalue weighted by Crippen LogP contribution is -2.38. The summed E-state index contributed by atoms with van der Waals surface area (Å²) >= 11 is 0. The van der Waals surface area contributed by atoms with Crippen LogP contribution in [0.4, 0.5) is 10.5 Å². The second kappa shape index (κ2) is 8.80. The second-order valence-electron chi connectivity index (χ2n) is 6.97. The standard InChI is InChI=1S/C22H28N2O3/c1-16-8-7-9-17(14-16)20-10-5-4-6-13-24(20)22(25)23-19-12-11-18(26-2)15-21(19)27-3/h7-9,11-12,14-15,20H,4-6,10,13H2,1-3H3,(H,23,25)/t20-/m0/s1. The molecule has 2 amide bonds. The summed E-state index contributed by atoms with van der Waals surface area (Å²) in [5.74, 6) is 1.28. The third-order valence-electron chi connectivity index (χ3n) is 5.09. The molecule has 0 radical (unpaired) electrons. The Labute approximate surface area is 161 Å². The van der Waals surface area contributed by atoms with E-state index in [2.05, 4.69) is 36.5 Å². The maximum absolute atomic E-state index is 13.1. The van der Waals surface area contributed by atoms with Crippen LogP contribution in [0.3, 0.4) is 0 Å². The third-order valence-corrected chi connectivity index (χ3v) is 5.09. The Morgan fingerprint density at radius 2 is 1.93 bits per heavy atom. The lowest BCUT2D eigenvalue weighted by molar-refractivity contribution is 0.189. The number of likely N-dealkylation sites (tertiary alicyclic amines) is 1. The molecule has 5 nitrogen and oxygen atoms in total. The minimum absolute atomic E-state index is 0.0909. The maximum atomic E-state index is 13.1. The largest absolute Gasteiger partial charge is 0.497 e. The number of methoxy groups -OCH3 is 2. The first-order valence-corrected chi connectivity index (χ1v) is 9.48. The van der Waals surface area contributed by atoms with Crippen molar-refractivity contribution >= 4 is 11.7 Å². The van der Waals surface area contributed by atoms with E-state index in [9.17, 15) is 4.79 Å². The number of amides is 2. The number of aryl methyl sites for hydroxylation is 1. The summed E-state index contributed by atoms with van der Waals surface area (Å²) in [6.45, 7) is 2.84. The molecular weight excluding hydrogens is 340 g/mol. The second-order valence-corrected chi connectivity index (χ2v) is 6.97. The van der Waals surface area contributed by atoms with E-state index in [-0.39, 0.29) is 12.1 Å². The van der Waals surface area contributed by atoms with Gasteiger partial charge in [-0.05, 0) is 37.5 Å². The zero-order valence-electron chi connectivity index (χ0n) is 16.3. The van der Waals surface area contributed by atoms with Crippen LogP contribution in [-0.2, 0) is 0 Å². The quantitative estimate of drug-likeness (QED) is 0.811. The summed E-state index contributed by atoms with van der Waals surface area (Å²) in [7, 11) is 3.20. The predicted molar refractivity (Wildman–Crippen MR) is 108 cm³/mol. The molecule has 1 aliphatic heterocycles. The van der Waals surface area contributed by atoms with Gasteiger partial charge in [0.15, 0.2) is 0 Å². The van der Waals surface area contributed by atoms with Crippen LogP contribution in [0.5, 0.6) is 11.5 Å². The molecule has 5 heteroatoms. The monoisotopic (exact) mass is 368 g/mol. The van der Waals surface area contributed by atoms with Crippen LogP contribution < -0.4 is 14.8 Å². The summed E-state index contributed by atoms with van der Waals surface area (Å²) < 4.78 is 10.6. The van der Waals surface area contributed by atoms with Crippen molar-refractivity contribution in [1.29, 1.82) is 0 Å². The molecule has 2 aromatic rings. The molecule has 1 N–H and O–H groups in total.